The van der Waals surface area contributed by atoms with Gasteiger partial charge < -0.3 is 0 Å². The Morgan fingerprint density at radius 1 is 0.808 bits per heavy atom. The number of carbonyl (C=O) groups is 1. The van der Waals surface area contributed by atoms with Crippen molar-refractivity contribution in [3.63, 3.8) is 0 Å². The fraction of sp³-hybridized carbons (Fsp3) is 0.0870. The zero-order valence-corrected chi connectivity index (χ0v) is 15.3. The number of ketones is 1. The smallest absolute Gasteiger partial charge is 0.193 e. The second-order valence-electron chi connectivity index (χ2n) is 6.26. The Kier molecular flexibility index (Phi) is 4.32. The van der Waals surface area contributed by atoms with E-state index < -0.39 is 0 Å². The highest BCUT2D eigenvalue weighted by Crippen LogP contribution is 2.49. The first kappa shape index (κ1) is 16.9. The van der Waals surface area contributed by atoms with Crippen molar-refractivity contribution in [3.8, 4) is 12.3 Å². The maximum Gasteiger partial charge on any atom is 0.193 e. The number of carbonyl (C=O) groups excluding carboxylic acids is 1. The van der Waals surface area contributed by atoms with Crippen molar-refractivity contribution in [2.24, 2.45) is 0 Å². The van der Waals surface area contributed by atoms with Gasteiger partial charge in [0.1, 0.15) is 0 Å². The second-order valence-corrected chi connectivity index (χ2v) is 7.08. The van der Waals surface area contributed by atoms with Crippen LogP contribution < -0.4 is 0 Å². The minimum absolute atomic E-state index is 0.0694. The standard InChI is InChI=1S/C23H14Cl2O/c1-2-15(14-8-4-3-5-9-14)22-20-16(10-6-12-18(20)24)23(26)17-11-7-13-19(25)21(17)22/h1,3-13,15,22H/t15-/m0/s1. The molecule has 0 aliphatic heterocycles. The first-order chi connectivity index (χ1) is 12.6. The quantitative estimate of drug-likeness (QED) is 0.494. The van der Waals surface area contributed by atoms with Crippen molar-refractivity contribution in [1.82, 2.24) is 0 Å². The van der Waals surface area contributed by atoms with Gasteiger partial charge in [-0.1, -0.05) is 83.7 Å². The first-order valence-corrected chi connectivity index (χ1v) is 9.01. The lowest BCUT2D eigenvalue weighted by atomic mass is 9.70. The molecule has 0 saturated heterocycles. The molecule has 0 saturated carbocycles. The maximum absolute atomic E-state index is 13.0. The molecule has 126 valence electrons. The van der Waals surface area contributed by atoms with Crippen LogP contribution in [0.15, 0.2) is 66.7 Å². The number of hydrogen-bond donors (Lipinski definition) is 0. The van der Waals surface area contributed by atoms with Gasteiger partial charge in [-0.2, -0.15) is 0 Å². The predicted molar refractivity (Wildman–Crippen MR) is 106 cm³/mol. The molecule has 0 bridgehead atoms. The summed E-state index contributed by atoms with van der Waals surface area (Å²) >= 11 is 13.1. The van der Waals surface area contributed by atoms with Gasteiger partial charge in [-0.05, 0) is 28.8 Å². The van der Waals surface area contributed by atoms with E-state index in [4.69, 9.17) is 29.6 Å². The molecular weight excluding hydrogens is 363 g/mol. The van der Waals surface area contributed by atoms with E-state index in [0.29, 0.717) is 21.2 Å². The number of benzene rings is 3. The zero-order chi connectivity index (χ0) is 18.3. The van der Waals surface area contributed by atoms with Crippen LogP contribution in [0.2, 0.25) is 10.0 Å². The zero-order valence-electron chi connectivity index (χ0n) is 13.7. The van der Waals surface area contributed by atoms with Crippen molar-refractivity contribution in [2.75, 3.05) is 0 Å². The fourth-order valence-corrected chi connectivity index (χ4v) is 4.35. The molecule has 3 heteroatoms. The molecular formula is C23H14Cl2O. The molecule has 0 spiro atoms. The van der Waals surface area contributed by atoms with Crippen LogP contribution >= 0.6 is 23.2 Å². The van der Waals surface area contributed by atoms with E-state index in [2.05, 4.69) is 5.92 Å². The number of rotatable bonds is 2. The molecule has 3 aromatic rings. The Morgan fingerprint density at radius 3 is 1.85 bits per heavy atom. The van der Waals surface area contributed by atoms with E-state index in [9.17, 15) is 4.79 Å². The van der Waals surface area contributed by atoms with Crippen LogP contribution in [0.3, 0.4) is 0 Å². The summed E-state index contributed by atoms with van der Waals surface area (Å²) in [6.45, 7) is 0. The molecule has 4 rings (SSSR count). The number of terminal acetylenes is 1. The van der Waals surface area contributed by atoms with Gasteiger partial charge in [0.2, 0.25) is 0 Å². The first-order valence-electron chi connectivity index (χ1n) is 8.26. The molecule has 0 heterocycles. The highest BCUT2D eigenvalue weighted by Gasteiger charge is 2.38. The van der Waals surface area contributed by atoms with E-state index in [0.717, 1.165) is 16.7 Å². The Balaban J connectivity index is 2.05. The molecule has 1 aliphatic carbocycles. The van der Waals surface area contributed by atoms with Crippen LogP contribution in [0.5, 0.6) is 0 Å². The monoisotopic (exact) mass is 376 g/mol. The van der Waals surface area contributed by atoms with Crippen LogP contribution in [0.25, 0.3) is 0 Å². The van der Waals surface area contributed by atoms with Gasteiger partial charge >= 0.3 is 0 Å². The van der Waals surface area contributed by atoms with Gasteiger partial charge in [0.05, 0.1) is 5.92 Å². The Labute approximate surface area is 162 Å². The van der Waals surface area contributed by atoms with Gasteiger partial charge in [-0.25, -0.2) is 0 Å². The summed E-state index contributed by atoms with van der Waals surface area (Å²) in [5.41, 5.74) is 3.69. The molecule has 0 fully saturated rings. The molecule has 0 amide bonds. The Morgan fingerprint density at radius 2 is 1.35 bits per heavy atom. The van der Waals surface area contributed by atoms with Crippen LogP contribution in [-0.2, 0) is 0 Å². The number of fused-ring (bicyclic) bond motifs is 2. The molecule has 1 aliphatic rings. The molecule has 1 atom stereocenters. The van der Waals surface area contributed by atoms with Gasteiger partial charge in [0.25, 0.3) is 0 Å². The summed E-state index contributed by atoms with van der Waals surface area (Å²) in [5, 5.41) is 1.06. The normalized spacial score (nSPS) is 14.3. The van der Waals surface area contributed by atoms with Crippen LogP contribution in [-0.4, -0.2) is 5.78 Å². The van der Waals surface area contributed by atoms with Crippen LogP contribution in [0, 0.1) is 12.3 Å². The number of hydrogen-bond acceptors (Lipinski definition) is 1. The maximum atomic E-state index is 13.0. The molecule has 0 unspecified atom stereocenters. The summed E-state index contributed by atoms with van der Waals surface area (Å²) < 4.78 is 0. The average molecular weight is 377 g/mol. The summed E-state index contributed by atoms with van der Waals surface area (Å²) in [6.07, 6.45) is 5.96. The summed E-state index contributed by atoms with van der Waals surface area (Å²) in [4.78, 5) is 13.0. The second kappa shape index (κ2) is 6.65. The van der Waals surface area contributed by atoms with E-state index in [-0.39, 0.29) is 17.6 Å². The average Bonchev–Trinajstić information content (AvgIpc) is 2.66. The fourth-order valence-electron chi connectivity index (χ4n) is 3.77. The summed E-state index contributed by atoms with van der Waals surface area (Å²) in [7, 11) is 0. The van der Waals surface area contributed by atoms with E-state index in [1.807, 2.05) is 30.3 Å². The molecule has 0 aromatic heterocycles. The molecule has 0 N–H and O–H groups in total. The lowest BCUT2D eigenvalue weighted by Crippen LogP contribution is -2.24. The van der Waals surface area contributed by atoms with Crippen molar-refractivity contribution < 1.29 is 4.79 Å². The van der Waals surface area contributed by atoms with E-state index >= 15 is 0 Å². The minimum Gasteiger partial charge on any atom is -0.289 e. The van der Waals surface area contributed by atoms with Crippen LogP contribution in [0.1, 0.15) is 44.4 Å². The molecule has 26 heavy (non-hydrogen) atoms. The highest BCUT2D eigenvalue weighted by molar-refractivity contribution is 6.34. The highest BCUT2D eigenvalue weighted by atomic mass is 35.5. The third-order valence-corrected chi connectivity index (χ3v) is 5.55. The minimum atomic E-state index is -0.290. The van der Waals surface area contributed by atoms with Gasteiger partial charge in [-0.3, -0.25) is 4.79 Å². The Hall–Kier alpha value is -2.53. The van der Waals surface area contributed by atoms with Crippen molar-refractivity contribution in [1.29, 1.82) is 0 Å². The predicted octanol–water partition coefficient (Wildman–Crippen LogP) is 6.09. The van der Waals surface area contributed by atoms with Gasteiger partial charge in [0.15, 0.2) is 5.78 Å². The topological polar surface area (TPSA) is 17.1 Å². The van der Waals surface area contributed by atoms with Crippen molar-refractivity contribution in [2.45, 2.75) is 11.8 Å². The lowest BCUT2D eigenvalue weighted by molar-refractivity contribution is 0.103. The van der Waals surface area contributed by atoms with Crippen molar-refractivity contribution in [3.05, 3.63) is 105 Å². The Bertz CT molecular complexity index is 992. The third kappa shape index (κ3) is 2.54. The van der Waals surface area contributed by atoms with Gasteiger partial charge in [0, 0.05) is 27.1 Å². The SMILES string of the molecule is C#C[C@@H](c1ccccc1)C1c2c(Cl)cccc2C(=O)c2cccc(Cl)c21. The van der Waals surface area contributed by atoms with E-state index in [1.54, 1.807) is 36.4 Å². The third-order valence-electron chi connectivity index (χ3n) is 4.89. The summed E-state index contributed by atoms with van der Waals surface area (Å²) in [5.74, 6) is 2.27. The lowest BCUT2D eigenvalue weighted by Gasteiger charge is -2.33. The van der Waals surface area contributed by atoms with E-state index in [1.165, 1.54) is 0 Å². The number of halogens is 2. The summed E-state index contributed by atoms with van der Waals surface area (Å²) in [6, 6.07) is 20.6. The van der Waals surface area contributed by atoms with Crippen molar-refractivity contribution >= 4 is 29.0 Å². The molecule has 3 aromatic carbocycles. The molecule has 0 radical (unpaired) electrons. The van der Waals surface area contributed by atoms with Crippen LogP contribution in [0.4, 0.5) is 0 Å². The molecule has 1 nitrogen and oxygen atoms in total. The largest absolute Gasteiger partial charge is 0.289 e. The van der Waals surface area contributed by atoms with Gasteiger partial charge in [-0.15, -0.1) is 6.42 Å².